The van der Waals surface area contributed by atoms with Gasteiger partial charge in [-0.25, -0.2) is 0 Å². The van der Waals surface area contributed by atoms with Crippen molar-refractivity contribution < 1.29 is 0 Å². The van der Waals surface area contributed by atoms with E-state index < -0.39 is 0 Å². The molecule has 0 bridgehead atoms. The monoisotopic (exact) mass is 330 g/mol. The lowest BCUT2D eigenvalue weighted by molar-refractivity contribution is 0.631. The number of aliphatic imine (C=N–C) groups is 2. The van der Waals surface area contributed by atoms with Crippen LogP contribution in [0, 0.1) is 5.92 Å². The summed E-state index contributed by atoms with van der Waals surface area (Å²) in [6.45, 7) is 10.3. The van der Waals surface area contributed by atoms with Gasteiger partial charge in [-0.05, 0) is 67.6 Å². The van der Waals surface area contributed by atoms with E-state index in [1.807, 2.05) is 31.5 Å². The molecule has 0 aromatic rings. The van der Waals surface area contributed by atoms with Crippen molar-refractivity contribution in [3.63, 3.8) is 0 Å². The second-order valence-corrected chi connectivity index (χ2v) is 6.59. The van der Waals surface area contributed by atoms with Crippen LogP contribution >= 0.6 is 0 Å². The number of nitrogens with zero attached hydrogens (tertiary/aromatic N) is 2. The van der Waals surface area contributed by atoms with Gasteiger partial charge in [-0.15, -0.1) is 0 Å². The van der Waals surface area contributed by atoms with Crippen LogP contribution in [0.15, 0.2) is 92.7 Å². The predicted octanol–water partition coefficient (Wildman–Crippen LogP) is 5.70. The van der Waals surface area contributed by atoms with E-state index in [0.717, 1.165) is 18.5 Å². The summed E-state index contributed by atoms with van der Waals surface area (Å²) in [5.74, 6) is 0.281. The van der Waals surface area contributed by atoms with E-state index in [1.165, 1.54) is 27.9 Å². The van der Waals surface area contributed by atoms with Crippen LogP contribution in [0.1, 0.15) is 33.6 Å². The summed E-state index contributed by atoms with van der Waals surface area (Å²) in [5, 5.41) is 0. The summed E-state index contributed by atoms with van der Waals surface area (Å²) >= 11 is 0. The maximum atomic E-state index is 4.68. The summed E-state index contributed by atoms with van der Waals surface area (Å²) in [7, 11) is 0. The zero-order valence-electron chi connectivity index (χ0n) is 15.4. The minimum atomic E-state index is 0.109. The van der Waals surface area contributed by atoms with Crippen molar-refractivity contribution in [3.05, 3.63) is 82.7 Å². The fraction of sp³-hybridized carbons (Fsp3) is 0.304. The van der Waals surface area contributed by atoms with Gasteiger partial charge in [0.05, 0.1) is 5.70 Å². The molecule has 0 saturated carbocycles. The third-order valence-corrected chi connectivity index (χ3v) is 5.09. The molecule has 0 fully saturated rings. The molecule has 0 radical (unpaired) electrons. The van der Waals surface area contributed by atoms with E-state index in [0.29, 0.717) is 0 Å². The first kappa shape index (κ1) is 17.3. The molecule has 1 heterocycles. The van der Waals surface area contributed by atoms with Crippen LogP contribution < -0.4 is 0 Å². The third-order valence-electron chi connectivity index (χ3n) is 5.09. The van der Waals surface area contributed by atoms with Gasteiger partial charge < -0.3 is 0 Å². The van der Waals surface area contributed by atoms with Crippen LogP contribution in [0.3, 0.4) is 0 Å². The second kappa shape index (κ2) is 7.60. The van der Waals surface area contributed by atoms with E-state index in [-0.39, 0.29) is 12.0 Å². The Bertz CT molecular complexity index is 807. The lowest BCUT2D eigenvalue weighted by atomic mass is 9.78. The Labute approximate surface area is 151 Å². The van der Waals surface area contributed by atoms with E-state index >= 15 is 0 Å². The molecule has 0 spiro atoms. The van der Waals surface area contributed by atoms with Crippen molar-refractivity contribution in [2.45, 2.75) is 39.7 Å². The van der Waals surface area contributed by atoms with Crippen molar-refractivity contribution in [2.24, 2.45) is 15.9 Å². The molecule has 25 heavy (non-hydrogen) atoms. The molecular formula is C23H26N2. The molecule has 3 aliphatic rings. The van der Waals surface area contributed by atoms with Crippen LogP contribution in [-0.2, 0) is 0 Å². The van der Waals surface area contributed by atoms with Crippen LogP contribution in [0.25, 0.3) is 0 Å². The van der Waals surface area contributed by atoms with Gasteiger partial charge in [0.1, 0.15) is 6.04 Å². The van der Waals surface area contributed by atoms with Gasteiger partial charge in [-0.3, -0.25) is 9.98 Å². The summed E-state index contributed by atoms with van der Waals surface area (Å²) in [5.41, 5.74) is 7.67. The Hall–Kier alpha value is -2.48. The number of hydrogen-bond donors (Lipinski definition) is 0. The molecule has 0 aromatic carbocycles. The van der Waals surface area contributed by atoms with Gasteiger partial charge in [0, 0.05) is 18.3 Å². The average Bonchev–Trinajstić information content (AvgIpc) is 2.64. The van der Waals surface area contributed by atoms with Crippen molar-refractivity contribution in [3.8, 4) is 0 Å². The Morgan fingerprint density at radius 2 is 2.24 bits per heavy atom. The standard InChI is InChI=1S/C23H26N2/c1-5-10-18-11-7-8-13-20(18)16(3)21-15-19-12-9-14-25-23(19)22(17(21)4)24-6-2/h5-7,9-12,14-15,19,23H,1,8,13H2,2-4H3/b18-10-,20-16+,24-6?. The van der Waals surface area contributed by atoms with Gasteiger partial charge in [0.25, 0.3) is 0 Å². The molecule has 2 aliphatic carbocycles. The molecule has 3 rings (SSSR count). The fourth-order valence-electron chi connectivity index (χ4n) is 3.85. The Balaban J connectivity index is 2.13. The SMILES string of the molecule is C=C/C=C1/C=CCC/C1=C(/C)C1=CC2C=CC=NC2C(N=CC)=C1C. The first-order valence-electron chi connectivity index (χ1n) is 8.98. The normalized spacial score (nSPS) is 29.2. The maximum absolute atomic E-state index is 4.68. The average molecular weight is 330 g/mol. The minimum absolute atomic E-state index is 0.109. The summed E-state index contributed by atoms with van der Waals surface area (Å²) < 4.78 is 0. The van der Waals surface area contributed by atoms with Crippen LogP contribution in [0.5, 0.6) is 0 Å². The Morgan fingerprint density at radius 1 is 1.40 bits per heavy atom. The van der Waals surface area contributed by atoms with Crippen LogP contribution in [-0.4, -0.2) is 18.5 Å². The predicted molar refractivity (Wildman–Crippen MR) is 109 cm³/mol. The summed E-state index contributed by atoms with van der Waals surface area (Å²) in [4.78, 5) is 9.35. The summed E-state index contributed by atoms with van der Waals surface area (Å²) in [6, 6.07) is 0.109. The minimum Gasteiger partial charge on any atom is -0.283 e. The Morgan fingerprint density at radius 3 is 3.00 bits per heavy atom. The number of allylic oxidation sites excluding steroid dienone is 10. The number of fused-ring (bicyclic) bond motifs is 1. The highest BCUT2D eigenvalue weighted by molar-refractivity contribution is 5.74. The number of hydrogen-bond acceptors (Lipinski definition) is 2. The van der Waals surface area contributed by atoms with Crippen molar-refractivity contribution >= 4 is 12.4 Å². The molecule has 2 nitrogen and oxygen atoms in total. The lowest BCUT2D eigenvalue weighted by Gasteiger charge is -2.30. The molecule has 0 saturated heterocycles. The molecule has 2 heteroatoms. The molecule has 2 atom stereocenters. The zero-order chi connectivity index (χ0) is 17.8. The van der Waals surface area contributed by atoms with Gasteiger partial charge in [0.2, 0.25) is 0 Å². The second-order valence-electron chi connectivity index (χ2n) is 6.59. The number of rotatable bonds is 3. The van der Waals surface area contributed by atoms with Crippen LogP contribution in [0.2, 0.25) is 0 Å². The molecular weight excluding hydrogens is 304 g/mol. The van der Waals surface area contributed by atoms with Gasteiger partial charge >= 0.3 is 0 Å². The van der Waals surface area contributed by atoms with E-state index in [2.05, 4.69) is 60.8 Å². The highest BCUT2D eigenvalue weighted by atomic mass is 14.9. The van der Waals surface area contributed by atoms with Gasteiger partial charge in [-0.2, -0.15) is 0 Å². The first-order valence-corrected chi connectivity index (χ1v) is 8.98. The fourth-order valence-corrected chi connectivity index (χ4v) is 3.85. The Kier molecular flexibility index (Phi) is 5.28. The molecule has 0 amide bonds. The maximum Gasteiger partial charge on any atom is 0.102 e. The summed E-state index contributed by atoms with van der Waals surface area (Å²) in [6.07, 6.45) is 21.0. The van der Waals surface area contributed by atoms with Crippen molar-refractivity contribution in [1.29, 1.82) is 0 Å². The van der Waals surface area contributed by atoms with Gasteiger partial charge in [0.15, 0.2) is 0 Å². The molecule has 1 aliphatic heterocycles. The van der Waals surface area contributed by atoms with Crippen molar-refractivity contribution in [1.82, 2.24) is 0 Å². The molecule has 128 valence electrons. The number of dihydropyridines is 1. The highest BCUT2D eigenvalue weighted by Gasteiger charge is 2.30. The topological polar surface area (TPSA) is 24.7 Å². The zero-order valence-corrected chi connectivity index (χ0v) is 15.4. The van der Waals surface area contributed by atoms with E-state index in [9.17, 15) is 0 Å². The largest absolute Gasteiger partial charge is 0.283 e. The van der Waals surface area contributed by atoms with E-state index in [4.69, 9.17) is 0 Å². The van der Waals surface area contributed by atoms with Crippen LogP contribution in [0.4, 0.5) is 0 Å². The molecule has 2 unspecified atom stereocenters. The van der Waals surface area contributed by atoms with Crippen molar-refractivity contribution in [2.75, 3.05) is 0 Å². The molecule has 0 aromatic heterocycles. The third kappa shape index (κ3) is 3.34. The highest BCUT2D eigenvalue weighted by Crippen LogP contribution is 2.39. The quantitative estimate of drug-likeness (QED) is 0.593. The lowest BCUT2D eigenvalue weighted by Crippen LogP contribution is -2.25. The van der Waals surface area contributed by atoms with E-state index in [1.54, 1.807) is 0 Å². The smallest absolute Gasteiger partial charge is 0.102 e. The molecule has 0 N–H and O–H groups in total. The first-order chi connectivity index (χ1) is 12.2. The van der Waals surface area contributed by atoms with Gasteiger partial charge in [-0.1, -0.05) is 43.0 Å².